The van der Waals surface area contributed by atoms with E-state index in [1.165, 1.54) is 0 Å². The number of rotatable bonds is 7. The van der Waals surface area contributed by atoms with Crippen molar-refractivity contribution in [1.29, 1.82) is 0 Å². The van der Waals surface area contributed by atoms with E-state index in [0.29, 0.717) is 43.3 Å². The van der Waals surface area contributed by atoms with E-state index >= 15 is 0 Å². The molecule has 0 saturated heterocycles. The Kier molecular flexibility index (Phi) is 6.37. The minimum atomic E-state index is -0.745. The van der Waals surface area contributed by atoms with Crippen LogP contribution in [-0.2, 0) is 14.3 Å². The van der Waals surface area contributed by atoms with Gasteiger partial charge < -0.3 is 19.9 Å². The molecule has 6 heteroatoms. The summed E-state index contributed by atoms with van der Waals surface area (Å²) >= 11 is 6.02. The van der Waals surface area contributed by atoms with Crippen molar-refractivity contribution in [1.82, 2.24) is 5.32 Å². The Labute approximate surface area is 188 Å². The molecule has 5 nitrogen and oxygen atoms in total. The molecule has 0 aromatic heterocycles. The quantitative estimate of drug-likeness (QED) is 0.589. The third kappa shape index (κ3) is 4.36. The first-order valence-electron chi connectivity index (χ1n) is 10.8. The lowest BCUT2D eigenvalue weighted by Crippen LogP contribution is -2.42. The zero-order valence-corrected chi connectivity index (χ0v) is 18.7. The number of nitrogens with one attached hydrogen (secondary N) is 1. The molecular weight excluding hydrogens is 414 g/mol. The molecule has 1 aliphatic heterocycles. The van der Waals surface area contributed by atoms with Crippen molar-refractivity contribution < 1.29 is 19.4 Å². The number of ether oxygens (including phenoxy) is 2. The first-order valence-corrected chi connectivity index (χ1v) is 11.1. The molecule has 1 fully saturated rings. The Hall–Kier alpha value is -2.34. The number of carbonyl (C=O) groups excluding carboxylic acids is 1. The predicted octanol–water partition coefficient (Wildman–Crippen LogP) is 5.06. The van der Waals surface area contributed by atoms with Crippen LogP contribution in [-0.4, -0.2) is 42.5 Å². The molecule has 0 unspecified atom stereocenters. The van der Waals surface area contributed by atoms with E-state index in [1.54, 1.807) is 0 Å². The number of benzene rings is 2. The maximum Gasteiger partial charge on any atom is 0.256 e. The van der Waals surface area contributed by atoms with Gasteiger partial charge in [-0.2, -0.15) is 0 Å². The van der Waals surface area contributed by atoms with Gasteiger partial charge in [0.2, 0.25) is 0 Å². The van der Waals surface area contributed by atoms with Crippen LogP contribution in [0, 0.1) is 6.92 Å². The van der Waals surface area contributed by atoms with Crippen molar-refractivity contribution in [3.05, 3.63) is 64.4 Å². The number of carbonyl (C=O) groups is 1. The van der Waals surface area contributed by atoms with E-state index in [-0.39, 0.29) is 17.8 Å². The molecule has 0 radical (unpaired) electrons. The SMILES string of the molecule is CCOCCO[C@H]1CC[C@]2(C1)NC(=O)C(c1cc(-c3ccc(Cl)cc3)ccc1C)=C2O. The summed E-state index contributed by atoms with van der Waals surface area (Å²) in [6.45, 7) is 5.63. The van der Waals surface area contributed by atoms with Crippen LogP contribution in [0.3, 0.4) is 0 Å². The van der Waals surface area contributed by atoms with Crippen molar-refractivity contribution in [2.75, 3.05) is 19.8 Å². The standard InChI is InChI=1S/C25H28ClNO4/c1-3-30-12-13-31-20-10-11-25(15-20)23(28)22(24(29)27-25)21-14-18(5-4-16(21)2)17-6-8-19(26)9-7-17/h4-9,14,20,28H,3,10-13,15H2,1-2H3,(H,27,29)/t20-,25+/m0/s1. The molecule has 1 aliphatic carbocycles. The van der Waals surface area contributed by atoms with Crippen LogP contribution in [0.1, 0.15) is 37.3 Å². The second-order valence-corrected chi connectivity index (χ2v) is 8.67. The Bertz CT molecular complexity index is 1000. The molecule has 2 N–H and O–H groups in total. The number of aliphatic hydroxyl groups is 1. The summed E-state index contributed by atoms with van der Waals surface area (Å²) in [5.74, 6) is -0.103. The van der Waals surface area contributed by atoms with Crippen LogP contribution in [0.4, 0.5) is 0 Å². The van der Waals surface area contributed by atoms with Gasteiger partial charge in [-0.25, -0.2) is 0 Å². The first kappa shape index (κ1) is 21.9. The Morgan fingerprint density at radius 2 is 1.90 bits per heavy atom. The molecule has 2 aromatic rings. The van der Waals surface area contributed by atoms with Crippen LogP contribution in [0.2, 0.25) is 5.02 Å². The average molecular weight is 442 g/mol. The predicted molar refractivity (Wildman–Crippen MR) is 122 cm³/mol. The number of aryl methyl sites for hydroxylation is 1. The Balaban J connectivity index is 1.60. The third-order valence-electron chi connectivity index (χ3n) is 6.21. The first-order chi connectivity index (χ1) is 14.9. The molecule has 0 bridgehead atoms. The summed E-state index contributed by atoms with van der Waals surface area (Å²) in [6.07, 6.45) is 2.00. The fourth-order valence-corrected chi connectivity index (χ4v) is 4.66. The van der Waals surface area contributed by atoms with Crippen LogP contribution < -0.4 is 5.32 Å². The lowest BCUT2D eigenvalue weighted by molar-refractivity contribution is -0.116. The molecule has 31 heavy (non-hydrogen) atoms. The number of aliphatic hydroxyl groups excluding tert-OH is 1. The highest BCUT2D eigenvalue weighted by Gasteiger charge is 2.51. The monoisotopic (exact) mass is 441 g/mol. The topological polar surface area (TPSA) is 67.8 Å². The van der Waals surface area contributed by atoms with E-state index in [1.807, 2.05) is 56.3 Å². The molecular formula is C25H28ClNO4. The molecule has 2 aliphatic rings. The minimum Gasteiger partial charge on any atom is -0.509 e. The second-order valence-electron chi connectivity index (χ2n) is 8.23. The second kappa shape index (κ2) is 9.03. The molecule has 1 spiro atoms. The third-order valence-corrected chi connectivity index (χ3v) is 6.46. The maximum absolute atomic E-state index is 13.0. The number of hydrogen-bond donors (Lipinski definition) is 2. The lowest BCUT2D eigenvalue weighted by atomic mass is 9.91. The van der Waals surface area contributed by atoms with Crippen molar-refractivity contribution in [3.8, 4) is 11.1 Å². The summed E-state index contributed by atoms with van der Waals surface area (Å²) in [4.78, 5) is 13.0. The van der Waals surface area contributed by atoms with E-state index in [4.69, 9.17) is 21.1 Å². The summed E-state index contributed by atoms with van der Waals surface area (Å²) in [7, 11) is 0. The Morgan fingerprint density at radius 3 is 2.65 bits per heavy atom. The zero-order valence-electron chi connectivity index (χ0n) is 17.9. The van der Waals surface area contributed by atoms with Crippen LogP contribution >= 0.6 is 11.6 Å². The molecule has 1 amide bonds. The van der Waals surface area contributed by atoms with Gasteiger partial charge in [0.25, 0.3) is 5.91 Å². The summed E-state index contributed by atoms with van der Waals surface area (Å²) in [5.41, 5.74) is 3.28. The smallest absolute Gasteiger partial charge is 0.256 e. The maximum atomic E-state index is 13.0. The van der Waals surface area contributed by atoms with Crippen molar-refractivity contribution >= 4 is 23.1 Å². The fraction of sp³-hybridized carbons (Fsp3) is 0.400. The molecule has 1 saturated carbocycles. The van der Waals surface area contributed by atoms with Gasteiger partial charge in [-0.05, 0) is 67.1 Å². The Morgan fingerprint density at radius 1 is 1.16 bits per heavy atom. The van der Waals surface area contributed by atoms with E-state index in [2.05, 4.69) is 5.32 Å². The molecule has 2 atom stereocenters. The van der Waals surface area contributed by atoms with Crippen molar-refractivity contribution in [2.24, 2.45) is 0 Å². The van der Waals surface area contributed by atoms with Crippen LogP contribution in [0.15, 0.2) is 48.2 Å². The van der Waals surface area contributed by atoms with E-state index in [9.17, 15) is 9.90 Å². The van der Waals surface area contributed by atoms with Crippen LogP contribution in [0.25, 0.3) is 16.7 Å². The van der Waals surface area contributed by atoms with Gasteiger partial charge in [-0.1, -0.05) is 35.9 Å². The van der Waals surface area contributed by atoms with Gasteiger partial charge in [0.1, 0.15) is 11.3 Å². The molecule has 1 heterocycles. The molecule has 4 rings (SSSR count). The number of hydrogen-bond acceptors (Lipinski definition) is 4. The average Bonchev–Trinajstić information content (AvgIpc) is 3.27. The van der Waals surface area contributed by atoms with Crippen LogP contribution in [0.5, 0.6) is 0 Å². The highest BCUT2D eigenvalue weighted by molar-refractivity contribution is 6.30. The van der Waals surface area contributed by atoms with E-state index < -0.39 is 5.54 Å². The van der Waals surface area contributed by atoms with Gasteiger partial charge in [0.15, 0.2) is 0 Å². The van der Waals surface area contributed by atoms with Gasteiger partial charge in [0.05, 0.1) is 24.9 Å². The summed E-state index contributed by atoms with van der Waals surface area (Å²) in [6, 6.07) is 13.5. The van der Waals surface area contributed by atoms with Gasteiger partial charge in [0, 0.05) is 18.1 Å². The van der Waals surface area contributed by atoms with Crippen molar-refractivity contribution in [2.45, 2.75) is 44.8 Å². The summed E-state index contributed by atoms with van der Waals surface area (Å²) < 4.78 is 11.2. The minimum absolute atomic E-state index is 0.0104. The highest BCUT2D eigenvalue weighted by Crippen LogP contribution is 2.44. The number of amides is 1. The highest BCUT2D eigenvalue weighted by atomic mass is 35.5. The molecule has 164 valence electrons. The van der Waals surface area contributed by atoms with Crippen molar-refractivity contribution in [3.63, 3.8) is 0 Å². The zero-order chi connectivity index (χ0) is 22.0. The summed E-state index contributed by atoms with van der Waals surface area (Å²) in [5, 5.41) is 14.9. The lowest BCUT2D eigenvalue weighted by Gasteiger charge is -2.24. The number of halogens is 1. The van der Waals surface area contributed by atoms with Gasteiger partial charge in [-0.3, -0.25) is 4.79 Å². The fourth-order valence-electron chi connectivity index (χ4n) is 4.54. The normalized spacial score (nSPS) is 23.1. The van der Waals surface area contributed by atoms with Gasteiger partial charge >= 0.3 is 0 Å². The largest absolute Gasteiger partial charge is 0.509 e. The molecule has 2 aromatic carbocycles. The van der Waals surface area contributed by atoms with E-state index in [0.717, 1.165) is 28.7 Å². The van der Waals surface area contributed by atoms with Gasteiger partial charge in [-0.15, -0.1) is 0 Å².